The molecule has 0 radical (unpaired) electrons. The van der Waals surface area contributed by atoms with Gasteiger partial charge in [-0.1, -0.05) is 30.3 Å². The third-order valence-corrected chi connectivity index (χ3v) is 7.03. The molecule has 3 aliphatic rings. The number of morpholine rings is 1. The number of ether oxygens (including phenoxy) is 1. The molecule has 0 bridgehead atoms. The Labute approximate surface area is 200 Å². The number of carbonyl (C=O) groups is 4. The molecule has 3 heterocycles. The zero-order valence-electron chi connectivity index (χ0n) is 19.7. The number of piperazine rings is 1. The number of benzene rings is 1. The van der Waals surface area contributed by atoms with Crippen molar-refractivity contribution in [2.24, 2.45) is 5.92 Å². The van der Waals surface area contributed by atoms with Crippen molar-refractivity contribution >= 4 is 23.6 Å². The number of likely N-dealkylation sites (tertiary alicyclic amines) is 1. The monoisotopic (exact) mass is 470 g/mol. The van der Waals surface area contributed by atoms with Crippen LogP contribution in [-0.4, -0.2) is 109 Å². The Morgan fingerprint density at radius 3 is 1.88 bits per heavy atom. The highest BCUT2D eigenvalue weighted by atomic mass is 16.5. The van der Waals surface area contributed by atoms with Crippen LogP contribution in [0.4, 0.5) is 0 Å². The number of hydrogen-bond acceptors (Lipinski definition) is 5. The molecule has 0 aliphatic carbocycles. The summed E-state index contributed by atoms with van der Waals surface area (Å²) in [6.45, 7) is 4.64. The highest BCUT2D eigenvalue weighted by molar-refractivity contribution is 6.34. The van der Waals surface area contributed by atoms with Crippen molar-refractivity contribution in [3.05, 3.63) is 35.9 Å². The molecule has 0 atom stereocenters. The molecule has 0 spiro atoms. The van der Waals surface area contributed by atoms with Crippen molar-refractivity contribution in [3.63, 3.8) is 0 Å². The van der Waals surface area contributed by atoms with Crippen LogP contribution < -0.4 is 0 Å². The first-order chi connectivity index (χ1) is 16.5. The highest BCUT2D eigenvalue weighted by Gasteiger charge is 2.34. The maximum absolute atomic E-state index is 13.0. The van der Waals surface area contributed by atoms with Gasteiger partial charge in [0.05, 0.1) is 13.2 Å². The Balaban J connectivity index is 1.18. The number of aryl methyl sites for hydroxylation is 1. The molecule has 0 N–H and O–H groups in total. The predicted molar refractivity (Wildman–Crippen MR) is 125 cm³/mol. The molecule has 4 rings (SSSR count). The minimum absolute atomic E-state index is 0.0876. The SMILES string of the molecule is O=C(CCc1ccccc1)N1CCC(C(=O)N2CCN(C(=O)C(=O)N3CCOCC3)CC2)CC1. The van der Waals surface area contributed by atoms with Gasteiger partial charge in [0.1, 0.15) is 0 Å². The van der Waals surface area contributed by atoms with Gasteiger partial charge in [0, 0.05) is 64.7 Å². The summed E-state index contributed by atoms with van der Waals surface area (Å²) >= 11 is 0. The van der Waals surface area contributed by atoms with Crippen LogP contribution in [-0.2, 0) is 30.3 Å². The molecule has 0 aromatic heterocycles. The van der Waals surface area contributed by atoms with Gasteiger partial charge in [-0.05, 0) is 24.8 Å². The molecule has 1 aromatic carbocycles. The normalized spacial score (nSPS) is 19.8. The number of nitrogens with zero attached hydrogens (tertiary/aromatic N) is 4. The predicted octanol–water partition coefficient (Wildman–Crippen LogP) is 0.387. The van der Waals surface area contributed by atoms with Crippen LogP contribution in [0.5, 0.6) is 0 Å². The van der Waals surface area contributed by atoms with Crippen LogP contribution in [0, 0.1) is 5.92 Å². The van der Waals surface area contributed by atoms with Gasteiger partial charge in [0.25, 0.3) is 0 Å². The van der Waals surface area contributed by atoms with Crippen molar-refractivity contribution in [3.8, 4) is 0 Å². The Morgan fingerprint density at radius 2 is 1.26 bits per heavy atom. The van der Waals surface area contributed by atoms with Crippen LogP contribution in [0.2, 0.25) is 0 Å². The second kappa shape index (κ2) is 11.5. The second-order valence-electron chi connectivity index (χ2n) is 9.16. The lowest BCUT2D eigenvalue weighted by molar-refractivity contribution is -0.156. The van der Waals surface area contributed by atoms with E-state index >= 15 is 0 Å². The minimum atomic E-state index is -0.490. The van der Waals surface area contributed by atoms with Crippen molar-refractivity contribution < 1.29 is 23.9 Å². The summed E-state index contributed by atoms with van der Waals surface area (Å²) in [6, 6.07) is 9.99. The first-order valence-electron chi connectivity index (χ1n) is 12.3. The summed E-state index contributed by atoms with van der Waals surface area (Å²) < 4.78 is 5.24. The Morgan fingerprint density at radius 1 is 0.706 bits per heavy atom. The number of hydrogen-bond donors (Lipinski definition) is 0. The quantitative estimate of drug-likeness (QED) is 0.594. The van der Waals surface area contributed by atoms with E-state index in [2.05, 4.69) is 0 Å². The van der Waals surface area contributed by atoms with E-state index in [1.54, 1.807) is 9.80 Å². The molecule has 1 aromatic rings. The summed E-state index contributed by atoms with van der Waals surface area (Å²) in [7, 11) is 0. The molecule has 0 saturated carbocycles. The summed E-state index contributed by atoms with van der Waals surface area (Å²) in [4.78, 5) is 57.4. The first kappa shape index (κ1) is 24.2. The molecule has 0 unspecified atom stereocenters. The average molecular weight is 471 g/mol. The Hall–Kier alpha value is -2.94. The third kappa shape index (κ3) is 5.94. The molecule has 4 amide bonds. The summed E-state index contributed by atoms with van der Waals surface area (Å²) in [6.07, 6.45) is 2.56. The molecule has 34 heavy (non-hydrogen) atoms. The van der Waals surface area contributed by atoms with Gasteiger partial charge in [0.2, 0.25) is 11.8 Å². The molecule has 184 valence electrons. The topological polar surface area (TPSA) is 90.5 Å². The maximum atomic E-state index is 13.0. The number of amides is 4. The fourth-order valence-electron chi connectivity index (χ4n) is 4.85. The van der Waals surface area contributed by atoms with Gasteiger partial charge in [-0.2, -0.15) is 0 Å². The van der Waals surface area contributed by atoms with E-state index < -0.39 is 11.8 Å². The van der Waals surface area contributed by atoms with E-state index in [9.17, 15) is 19.2 Å². The van der Waals surface area contributed by atoms with Crippen molar-refractivity contribution in [2.75, 3.05) is 65.6 Å². The van der Waals surface area contributed by atoms with Gasteiger partial charge < -0.3 is 24.3 Å². The minimum Gasteiger partial charge on any atom is -0.378 e. The molecule has 9 heteroatoms. The molecule has 3 saturated heterocycles. The number of carbonyl (C=O) groups excluding carboxylic acids is 4. The van der Waals surface area contributed by atoms with Crippen LogP contribution in [0.3, 0.4) is 0 Å². The Kier molecular flexibility index (Phi) is 8.16. The summed E-state index contributed by atoms with van der Waals surface area (Å²) in [5.74, 6) is -0.811. The van der Waals surface area contributed by atoms with E-state index in [4.69, 9.17) is 4.74 Å². The van der Waals surface area contributed by atoms with Gasteiger partial charge in [-0.25, -0.2) is 0 Å². The fraction of sp³-hybridized carbons (Fsp3) is 0.600. The first-order valence-corrected chi connectivity index (χ1v) is 12.3. The molecular weight excluding hydrogens is 436 g/mol. The van der Waals surface area contributed by atoms with Gasteiger partial charge in [-0.15, -0.1) is 0 Å². The van der Waals surface area contributed by atoms with Crippen LogP contribution in [0.1, 0.15) is 24.8 Å². The van der Waals surface area contributed by atoms with Gasteiger partial charge in [-0.3, -0.25) is 19.2 Å². The average Bonchev–Trinajstić information content (AvgIpc) is 2.91. The van der Waals surface area contributed by atoms with E-state index in [0.29, 0.717) is 84.8 Å². The summed E-state index contributed by atoms with van der Waals surface area (Å²) in [5, 5.41) is 0. The van der Waals surface area contributed by atoms with Crippen molar-refractivity contribution in [1.82, 2.24) is 19.6 Å². The third-order valence-electron chi connectivity index (χ3n) is 7.03. The molecule has 3 aliphatic heterocycles. The van der Waals surface area contributed by atoms with E-state index in [1.165, 1.54) is 4.90 Å². The molecular formula is C25H34N4O5. The van der Waals surface area contributed by atoms with Gasteiger partial charge >= 0.3 is 11.8 Å². The van der Waals surface area contributed by atoms with Crippen molar-refractivity contribution in [2.45, 2.75) is 25.7 Å². The van der Waals surface area contributed by atoms with E-state index in [-0.39, 0.29) is 17.7 Å². The number of piperidine rings is 1. The van der Waals surface area contributed by atoms with Crippen LogP contribution in [0.25, 0.3) is 0 Å². The largest absolute Gasteiger partial charge is 0.378 e. The highest BCUT2D eigenvalue weighted by Crippen LogP contribution is 2.21. The lowest BCUT2D eigenvalue weighted by atomic mass is 9.94. The fourth-order valence-corrected chi connectivity index (χ4v) is 4.85. The van der Waals surface area contributed by atoms with Crippen LogP contribution in [0.15, 0.2) is 30.3 Å². The maximum Gasteiger partial charge on any atom is 0.312 e. The van der Waals surface area contributed by atoms with E-state index in [0.717, 1.165) is 12.0 Å². The molecule has 3 fully saturated rings. The molecule has 9 nitrogen and oxygen atoms in total. The van der Waals surface area contributed by atoms with Gasteiger partial charge in [0.15, 0.2) is 0 Å². The lowest BCUT2D eigenvalue weighted by Gasteiger charge is -2.39. The smallest absolute Gasteiger partial charge is 0.312 e. The second-order valence-corrected chi connectivity index (χ2v) is 9.16. The van der Waals surface area contributed by atoms with Crippen molar-refractivity contribution in [1.29, 1.82) is 0 Å². The summed E-state index contributed by atoms with van der Waals surface area (Å²) in [5.41, 5.74) is 1.16. The van der Waals surface area contributed by atoms with E-state index in [1.807, 2.05) is 35.2 Å². The standard InChI is InChI=1S/C25H34N4O5/c30-22(7-6-20-4-2-1-3-5-20)26-10-8-21(9-11-26)23(31)27-12-14-28(15-13-27)24(32)25(33)29-16-18-34-19-17-29/h1-5,21H,6-19H2. The van der Waals surface area contributed by atoms with Crippen LogP contribution >= 0.6 is 0 Å². The Bertz CT molecular complexity index is 871. The zero-order chi connectivity index (χ0) is 23.9. The number of rotatable bonds is 4. The zero-order valence-corrected chi connectivity index (χ0v) is 19.7. The lowest BCUT2D eigenvalue weighted by Crippen LogP contribution is -2.56.